The predicted molar refractivity (Wildman–Crippen MR) is 251 cm³/mol. The van der Waals surface area contributed by atoms with Crippen LogP contribution < -0.4 is 5.32 Å². The normalized spacial score (nSPS) is 14.5. The molecule has 0 rings (SSSR count). The molecule has 0 saturated heterocycles. The van der Waals surface area contributed by atoms with Gasteiger partial charge in [0.15, 0.2) is 0 Å². The molecule has 0 aliphatic rings. The fourth-order valence-corrected chi connectivity index (χ4v) is 7.23. The lowest BCUT2D eigenvalue weighted by Gasteiger charge is -2.27. The summed E-state index contributed by atoms with van der Waals surface area (Å²) >= 11 is 0. The van der Waals surface area contributed by atoms with Gasteiger partial charge in [-0.1, -0.05) is 197 Å². The third-order valence-electron chi connectivity index (χ3n) is 11.2. The summed E-state index contributed by atoms with van der Waals surface area (Å²) in [6.07, 6.45) is 58.3. The van der Waals surface area contributed by atoms with Crippen LogP contribution in [-0.2, 0) is 4.79 Å². The minimum absolute atomic E-state index is 0.353. The third kappa shape index (κ3) is 39.5. The topological polar surface area (TPSA) is 110 Å². The number of amides is 1. The van der Waals surface area contributed by atoms with Gasteiger partial charge in [-0.3, -0.25) is 4.79 Å². The van der Waals surface area contributed by atoms with Crippen LogP contribution in [0.5, 0.6) is 0 Å². The fourth-order valence-electron chi connectivity index (χ4n) is 7.23. The van der Waals surface area contributed by atoms with E-state index >= 15 is 0 Å². The summed E-state index contributed by atoms with van der Waals surface area (Å²) in [6.45, 7) is 4.01. The van der Waals surface area contributed by atoms with Gasteiger partial charge in [0.25, 0.3) is 0 Å². The third-order valence-corrected chi connectivity index (χ3v) is 11.2. The second-order valence-electron chi connectivity index (χ2n) is 16.8. The van der Waals surface area contributed by atoms with E-state index in [0.717, 1.165) is 57.8 Å². The first kappa shape index (κ1) is 56.0. The van der Waals surface area contributed by atoms with Crippen molar-refractivity contribution in [3.8, 4) is 0 Å². The molecule has 0 saturated carbocycles. The van der Waals surface area contributed by atoms with Crippen LogP contribution in [0.1, 0.15) is 232 Å². The lowest BCUT2D eigenvalue weighted by Crippen LogP contribution is -2.53. The average molecular weight is 814 g/mol. The van der Waals surface area contributed by atoms with Crippen molar-refractivity contribution in [2.75, 3.05) is 6.61 Å². The van der Waals surface area contributed by atoms with Gasteiger partial charge in [-0.15, -0.1) is 0 Å². The van der Waals surface area contributed by atoms with E-state index in [9.17, 15) is 25.2 Å². The van der Waals surface area contributed by atoms with Gasteiger partial charge in [0.1, 0.15) is 12.2 Å². The second-order valence-corrected chi connectivity index (χ2v) is 16.8. The first-order chi connectivity index (χ1) is 28.5. The van der Waals surface area contributed by atoms with Crippen LogP contribution in [0.25, 0.3) is 0 Å². The second kappa shape index (κ2) is 46.1. The Labute approximate surface area is 359 Å². The summed E-state index contributed by atoms with van der Waals surface area (Å²) in [5.74, 6) is -0.604. The standard InChI is InChI=1S/C52H95NO5/c1-3-5-7-9-11-13-15-17-19-21-22-23-24-25-26-27-28-29-30-32-34-36-38-40-42-44-46-50(56)52(58)53-48(47-54)51(57)49(55)45-43-41-39-37-35-33-31-20-18-16-14-12-10-8-6-4-2/h12,14,20,22-23,25-26,31,37,39,48-51,54-57H,3-11,13,15-19,21,24,27-30,32-36,38,40-47H2,1-2H3,(H,53,58)/b14-12+,23-22-,26-25-,31-20+,39-37+. The highest BCUT2D eigenvalue weighted by Crippen LogP contribution is 2.15. The number of aliphatic hydroxyl groups is 4. The molecule has 1 amide bonds. The molecule has 0 fully saturated rings. The molecular weight excluding hydrogens is 719 g/mol. The number of hydrogen-bond donors (Lipinski definition) is 5. The van der Waals surface area contributed by atoms with E-state index in [4.69, 9.17) is 0 Å². The maximum atomic E-state index is 12.5. The van der Waals surface area contributed by atoms with Crippen LogP contribution in [0.15, 0.2) is 60.8 Å². The molecule has 4 unspecified atom stereocenters. The maximum Gasteiger partial charge on any atom is 0.249 e. The van der Waals surface area contributed by atoms with E-state index in [1.165, 1.54) is 141 Å². The van der Waals surface area contributed by atoms with Crippen LogP contribution in [0.2, 0.25) is 0 Å². The molecule has 338 valence electrons. The summed E-state index contributed by atoms with van der Waals surface area (Å²) in [6, 6.07) is -1.01. The van der Waals surface area contributed by atoms with Gasteiger partial charge in [0.05, 0.1) is 18.8 Å². The molecule has 5 N–H and O–H groups in total. The Morgan fingerprint density at radius 3 is 1.22 bits per heavy atom. The zero-order valence-corrected chi connectivity index (χ0v) is 38.0. The van der Waals surface area contributed by atoms with Crippen molar-refractivity contribution in [3.05, 3.63) is 60.8 Å². The molecule has 0 aliphatic carbocycles. The van der Waals surface area contributed by atoms with Gasteiger partial charge in [-0.05, 0) is 96.3 Å². The smallest absolute Gasteiger partial charge is 0.249 e. The van der Waals surface area contributed by atoms with Crippen molar-refractivity contribution >= 4 is 5.91 Å². The first-order valence-corrected chi connectivity index (χ1v) is 24.7. The maximum absolute atomic E-state index is 12.5. The Morgan fingerprint density at radius 2 is 0.776 bits per heavy atom. The SMILES string of the molecule is CCCCC/C=C/CC/C=C/CC/C=C/CCCC(O)C(O)C(CO)NC(=O)C(O)CCCCCCCCCCCC/C=C\C/C=C\CCCCCCCCCCC. The van der Waals surface area contributed by atoms with Gasteiger partial charge < -0.3 is 25.7 Å². The largest absolute Gasteiger partial charge is 0.394 e. The number of hydrogen-bond acceptors (Lipinski definition) is 5. The van der Waals surface area contributed by atoms with E-state index < -0.39 is 36.9 Å². The molecule has 0 aromatic carbocycles. The predicted octanol–water partition coefficient (Wildman–Crippen LogP) is 13.6. The summed E-state index contributed by atoms with van der Waals surface area (Å²) < 4.78 is 0. The lowest BCUT2D eigenvalue weighted by molar-refractivity contribution is -0.132. The number of nitrogens with one attached hydrogen (secondary N) is 1. The van der Waals surface area contributed by atoms with Crippen molar-refractivity contribution in [2.45, 2.75) is 257 Å². The Balaban J connectivity index is 3.75. The number of unbranched alkanes of at least 4 members (excludes halogenated alkanes) is 25. The van der Waals surface area contributed by atoms with E-state index in [1.807, 2.05) is 0 Å². The molecule has 0 radical (unpaired) electrons. The molecule has 6 heteroatoms. The van der Waals surface area contributed by atoms with Crippen LogP contribution in [0, 0.1) is 0 Å². The van der Waals surface area contributed by atoms with Crippen molar-refractivity contribution in [3.63, 3.8) is 0 Å². The van der Waals surface area contributed by atoms with E-state index in [2.05, 4.69) is 79.9 Å². The average Bonchev–Trinajstić information content (AvgIpc) is 3.23. The Bertz CT molecular complexity index is 1000. The summed E-state index contributed by atoms with van der Waals surface area (Å²) in [5.41, 5.74) is 0. The van der Waals surface area contributed by atoms with Crippen molar-refractivity contribution in [1.29, 1.82) is 0 Å². The minimum atomic E-state index is -1.30. The van der Waals surface area contributed by atoms with Crippen LogP contribution >= 0.6 is 0 Å². The molecule has 0 aliphatic heterocycles. The molecule has 58 heavy (non-hydrogen) atoms. The van der Waals surface area contributed by atoms with Gasteiger partial charge in [0, 0.05) is 0 Å². The monoisotopic (exact) mass is 814 g/mol. The minimum Gasteiger partial charge on any atom is -0.394 e. The summed E-state index contributed by atoms with van der Waals surface area (Å²) in [5, 5.41) is 43.7. The van der Waals surface area contributed by atoms with E-state index in [1.54, 1.807) is 0 Å². The molecule has 4 atom stereocenters. The highest BCUT2D eigenvalue weighted by atomic mass is 16.3. The molecule has 0 aromatic heterocycles. The number of carbonyl (C=O) groups is 1. The number of allylic oxidation sites excluding steroid dienone is 10. The van der Waals surface area contributed by atoms with Crippen LogP contribution in [0.4, 0.5) is 0 Å². The van der Waals surface area contributed by atoms with E-state index in [-0.39, 0.29) is 0 Å². The zero-order valence-electron chi connectivity index (χ0n) is 38.0. The molecular formula is C52H95NO5. The van der Waals surface area contributed by atoms with Gasteiger partial charge in [-0.25, -0.2) is 0 Å². The quantitative estimate of drug-likeness (QED) is 0.0311. The Hall–Kier alpha value is -1.99. The van der Waals surface area contributed by atoms with Crippen LogP contribution in [-0.4, -0.2) is 57.3 Å². The number of rotatable bonds is 44. The zero-order chi connectivity index (χ0) is 42.4. The van der Waals surface area contributed by atoms with Gasteiger partial charge >= 0.3 is 0 Å². The van der Waals surface area contributed by atoms with Crippen LogP contribution in [0.3, 0.4) is 0 Å². The number of carbonyl (C=O) groups excluding carboxylic acids is 1. The highest BCUT2D eigenvalue weighted by molar-refractivity contribution is 5.80. The van der Waals surface area contributed by atoms with Crippen molar-refractivity contribution < 1.29 is 25.2 Å². The van der Waals surface area contributed by atoms with Gasteiger partial charge in [0.2, 0.25) is 5.91 Å². The summed E-state index contributed by atoms with van der Waals surface area (Å²) in [4.78, 5) is 12.5. The first-order valence-electron chi connectivity index (χ1n) is 24.7. The molecule has 0 aromatic rings. The Morgan fingerprint density at radius 1 is 0.431 bits per heavy atom. The number of aliphatic hydroxyl groups excluding tert-OH is 4. The molecule has 0 bridgehead atoms. The van der Waals surface area contributed by atoms with Crippen molar-refractivity contribution in [2.24, 2.45) is 0 Å². The van der Waals surface area contributed by atoms with Crippen molar-refractivity contribution in [1.82, 2.24) is 5.32 Å². The summed E-state index contributed by atoms with van der Waals surface area (Å²) in [7, 11) is 0. The highest BCUT2D eigenvalue weighted by Gasteiger charge is 2.28. The fraction of sp³-hybridized carbons (Fsp3) is 0.788. The van der Waals surface area contributed by atoms with Gasteiger partial charge in [-0.2, -0.15) is 0 Å². The molecule has 0 spiro atoms. The molecule has 0 heterocycles. The molecule has 6 nitrogen and oxygen atoms in total. The lowest BCUT2D eigenvalue weighted by atomic mass is 10.00. The Kier molecular flexibility index (Phi) is 44.5. The van der Waals surface area contributed by atoms with E-state index in [0.29, 0.717) is 19.3 Å².